The molecule has 0 spiro atoms. The number of H-pyrrole nitrogens is 1. The van der Waals surface area contributed by atoms with E-state index in [1.54, 1.807) is 32.0 Å². The number of nitrogens with zero attached hydrogens (tertiary/aromatic N) is 1. The average Bonchev–Trinajstić information content (AvgIpc) is 2.61. The van der Waals surface area contributed by atoms with Crippen LogP contribution in [-0.4, -0.2) is 15.5 Å². The predicted molar refractivity (Wildman–Crippen MR) is 96.8 cm³/mol. The predicted octanol–water partition coefficient (Wildman–Crippen LogP) is 2.34. The van der Waals surface area contributed by atoms with E-state index in [9.17, 15) is 18.8 Å². The maximum atomic E-state index is 13.8. The Kier molecular flexibility index (Phi) is 4.71. The van der Waals surface area contributed by atoms with E-state index in [0.717, 1.165) is 4.57 Å². The zero-order valence-electron chi connectivity index (χ0n) is 14.4. The Labute approximate surface area is 148 Å². The topological polar surface area (TPSA) is 84.0 Å². The Hall–Kier alpha value is -3.22. The minimum atomic E-state index is -0.536. The van der Waals surface area contributed by atoms with Gasteiger partial charge in [0.15, 0.2) is 0 Å². The Morgan fingerprint density at radius 1 is 1.23 bits per heavy atom. The summed E-state index contributed by atoms with van der Waals surface area (Å²) < 4.78 is 14.9. The lowest BCUT2D eigenvalue weighted by Gasteiger charge is -2.15. The highest BCUT2D eigenvalue weighted by atomic mass is 19.1. The second-order valence-electron chi connectivity index (χ2n) is 5.96. The summed E-state index contributed by atoms with van der Waals surface area (Å²) in [4.78, 5) is 39.3. The highest BCUT2D eigenvalue weighted by Crippen LogP contribution is 2.17. The van der Waals surface area contributed by atoms with Crippen LogP contribution in [0.1, 0.15) is 35.8 Å². The lowest BCUT2D eigenvalue weighted by atomic mass is 10.1. The van der Waals surface area contributed by atoms with Crippen LogP contribution in [-0.2, 0) is 6.54 Å². The highest BCUT2D eigenvalue weighted by molar-refractivity contribution is 5.97. The summed E-state index contributed by atoms with van der Waals surface area (Å²) in [6, 6.07) is 10.1. The van der Waals surface area contributed by atoms with Crippen molar-refractivity contribution in [2.24, 2.45) is 0 Å². The third-order valence-electron chi connectivity index (χ3n) is 4.28. The van der Waals surface area contributed by atoms with Gasteiger partial charge in [0.2, 0.25) is 0 Å². The van der Waals surface area contributed by atoms with Gasteiger partial charge in [0.1, 0.15) is 5.82 Å². The molecular weight excluding hydrogens is 337 g/mol. The van der Waals surface area contributed by atoms with E-state index in [2.05, 4.69) is 10.3 Å². The quantitative estimate of drug-likeness (QED) is 0.753. The molecule has 26 heavy (non-hydrogen) atoms. The van der Waals surface area contributed by atoms with E-state index in [-0.39, 0.29) is 17.6 Å². The molecule has 2 aromatic carbocycles. The zero-order valence-corrected chi connectivity index (χ0v) is 14.4. The molecule has 0 aliphatic rings. The second kappa shape index (κ2) is 6.95. The van der Waals surface area contributed by atoms with Crippen molar-refractivity contribution in [3.63, 3.8) is 0 Å². The molecule has 7 heteroatoms. The number of amides is 1. The Morgan fingerprint density at radius 2 is 1.96 bits per heavy atom. The smallest absolute Gasteiger partial charge is 0.328 e. The fourth-order valence-electron chi connectivity index (χ4n) is 2.87. The van der Waals surface area contributed by atoms with Crippen molar-refractivity contribution in [1.29, 1.82) is 0 Å². The summed E-state index contributed by atoms with van der Waals surface area (Å²) in [6.45, 7) is 3.64. The SMILES string of the molecule is CCn1c(=O)[nH]c2cc(C(=O)N[C@@H](C)c3ccccc3F)ccc2c1=O. The number of rotatable bonds is 4. The molecule has 0 aliphatic heterocycles. The minimum absolute atomic E-state index is 0.256. The van der Waals surface area contributed by atoms with Crippen LogP contribution in [0.5, 0.6) is 0 Å². The zero-order chi connectivity index (χ0) is 18.8. The molecule has 0 bridgehead atoms. The number of benzene rings is 2. The number of hydrogen-bond donors (Lipinski definition) is 2. The lowest BCUT2D eigenvalue weighted by molar-refractivity contribution is 0.0939. The molecule has 0 saturated heterocycles. The van der Waals surface area contributed by atoms with Gasteiger partial charge in [-0.25, -0.2) is 9.18 Å². The number of aromatic amines is 1. The van der Waals surface area contributed by atoms with E-state index in [1.807, 2.05) is 0 Å². The summed E-state index contributed by atoms with van der Waals surface area (Å²) in [5.41, 5.74) is 0.00183. The molecule has 0 fully saturated rings. The number of nitrogens with one attached hydrogen (secondary N) is 2. The summed E-state index contributed by atoms with van der Waals surface area (Å²) in [7, 11) is 0. The third kappa shape index (κ3) is 3.15. The molecule has 0 aliphatic carbocycles. The van der Waals surface area contributed by atoms with Crippen LogP contribution in [0.3, 0.4) is 0 Å². The number of fused-ring (bicyclic) bond motifs is 1. The van der Waals surface area contributed by atoms with Gasteiger partial charge in [0.05, 0.1) is 16.9 Å². The van der Waals surface area contributed by atoms with Crippen molar-refractivity contribution < 1.29 is 9.18 Å². The standard InChI is InChI=1S/C19H18FN3O3/c1-3-23-18(25)14-9-8-12(10-16(14)22-19(23)26)17(24)21-11(2)13-6-4-5-7-15(13)20/h4-11H,3H2,1-2H3,(H,21,24)(H,22,26)/t11-/m0/s1. The van der Waals surface area contributed by atoms with Crippen molar-refractivity contribution in [3.8, 4) is 0 Å². The van der Waals surface area contributed by atoms with Gasteiger partial charge < -0.3 is 10.3 Å². The molecule has 0 unspecified atom stereocenters. The normalized spacial score (nSPS) is 12.1. The molecule has 1 atom stereocenters. The van der Waals surface area contributed by atoms with Gasteiger partial charge in [-0.3, -0.25) is 14.2 Å². The van der Waals surface area contributed by atoms with E-state index >= 15 is 0 Å². The molecule has 2 N–H and O–H groups in total. The number of halogens is 1. The molecule has 134 valence electrons. The number of carbonyl (C=O) groups excluding carboxylic acids is 1. The molecule has 0 radical (unpaired) electrons. The molecule has 6 nitrogen and oxygen atoms in total. The van der Waals surface area contributed by atoms with Crippen LogP contribution in [0.25, 0.3) is 10.9 Å². The Morgan fingerprint density at radius 3 is 2.65 bits per heavy atom. The van der Waals surface area contributed by atoms with E-state index in [0.29, 0.717) is 10.9 Å². The largest absolute Gasteiger partial charge is 0.345 e. The molecule has 3 aromatic rings. The Balaban J connectivity index is 1.93. The number of hydrogen-bond acceptors (Lipinski definition) is 3. The minimum Gasteiger partial charge on any atom is -0.345 e. The van der Waals surface area contributed by atoms with Crippen molar-refractivity contribution in [3.05, 3.63) is 80.2 Å². The number of carbonyl (C=O) groups is 1. The molecule has 1 amide bonds. The molecular formula is C19H18FN3O3. The summed E-state index contributed by atoms with van der Waals surface area (Å²) >= 11 is 0. The second-order valence-corrected chi connectivity index (χ2v) is 5.96. The van der Waals surface area contributed by atoms with Gasteiger partial charge in [0, 0.05) is 17.7 Å². The maximum absolute atomic E-state index is 13.8. The molecule has 1 aromatic heterocycles. The first-order valence-electron chi connectivity index (χ1n) is 8.24. The molecule has 3 rings (SSSR count). The van der Waals surface area contributed by atoms with Crippen LogP contribution in [0, 0.1) is 5.82 Å². The first kappa shape index (κ1) is 17.6. The van der Waals surface area contributed by atoms with Crippen LogP contribution >= 0.6 is 0 Å². The fraction of sp³-hybridized carbons (Fsp3) is 0.211. The van der Waals surface area contributed by atoms with E-state index < -0.39 is 29.0 Å². The molecule has 1 heterocycles. The highest BCUT2D eigenvalue weighted by Gasteiger charge is 2.15. The van der Waals surface area contributed by atoms with Gasteiger partial charge >= 0.3 is 5.69 Å². The van der Waals surface area contributed by atoms with Crippen molar-refractivity contribution in [2.75, 3.05) is 0 Å². The van der Waals surface area contributed by atoms with Crippen LogP contribution in [0.4, 0.5) is 4.39 Å². The van der Waals surface area contributed by atoms with Gasteiger partial charge in [-0.15, -0.1) is 0 Å². The van der Waals surface area contributed by atoms with E-state index in [4.69, 9.17) is 0 Å². The summed E-state index contributed by atoms with van der Waals surface area (Å²) in [5.74, 6) is -0.827. The number of aromatic nitrogens is 2. The van der Waals surface area contributed by atoms with Crippen LogP contribution in [0.2, 0.25) is 0 Å². The summed E-state index contributed by atoms with van der Waals surface area (Å²) in [6.07, 6.45) is 0. The summed E-state index contributed by atoms with van der Waals surface area (Å²) in [5, 5.41) is 3.04. The third-order valence-corrected chi connectivity index (χ3v) is 4.28. The van der Waals surface area contributed by atoms with E-state index in [1.165, 1.54) is 24.3 Å². The van der Waals surface area contributed by atoms with Gasteiger partial charge in [0.25, 0.3) is 11.5 Å². The van der Waals surface area contributed by atoms with Gasteiger partial charge in [-0.2, -0.15) is 0 Å². The van der Waals surface area contributed by atoms with Crippen molar-refractivity contribution in [1.82, 2.24) is 14.9 Å². The first-order valence-corrected chi connectivity index (χ1v) is 8.24. The lowest BCUT2D eigenvalue weighted by Crippen LogP contribution is -2.34. The van der Waals surface area contributed by atoms with Gasteiger partial charge in [-0.1, -0.05) is 18.2 Å². The monoisotopic (exact) mass is 355 g/mol. The first-order chi connectivity index (χ1) is 12.4. The fourth-order valence-corrected chi connectivity index (χ4v) is 2.87. The Bertz CT molecular complexity index is 1100. The molecule has 0 saturated carbocycles. The van der Waals surface area contributed by atoms with Crippen LogP contribution in [0.15, 0.2) is 52.1 Å². The van der Waals surface area contributed by atoms with Crippen molar-refractivity contribution >= 4 is 16.8 Å². The average molecular weight is 355 g/mol. The maximum Gasteiger partial charge on any atom is 0.328 e. The van der Waals surface area contributed by atoms with Crippen LogP contribution < -0.4 is 16.6 Å². The van der Waals surface area contributed by atoms with Gasteiger partial charge in [-0.05, 0) is 38.1 Å². The van der Waals surface area contributed by atoms with Crippen molar-refractivity contribution in [2.45, 2.75) is 26.4 Å².